The van der Waals surface area contributed by atoms with E-state index in [1.165, 1.54) is 6.07 Å². The predicted octanol–water partition coefficient (Wildman–Crippen LogP) is 1.84. The number of ether oxygens (including phenoxy) is 1. The van der Waals surface area contributed by atoms with Crippen molar-refractivity contribution in [1.82, 2.24) is 9.97 Å². The molecule has 0 radical (unpaired) electrons. The average Bonchev–Trinajstić information content (AvgIpc) is 2.26. The van der Waals surface area contributed by atoms with Gasteiger partial charge < -0.3 is 9.72 Å². The molecule has 0 aliphatic carbocycles. The van der Waals surface area contributed by atoms with Crippen LogP contribution in [0.5, 0.6) is 11.5 Å². The molecule has 0 amide bonds. The van der Waals surface area contributed by atoms with Crippen molar-refractivity contribution < 1.29 is 13.5 Å². The Hall–Kier alpha value is -2.24. The van der Waals surface area contributed by atoms with Crippen LogP contribution in [0.25, 0.3) is 0 Å². The summed E-state index contributed by atoms with van der Waals surface area (Å²) < 4.78 is 31.2. The molecule has 0 aliphatic heterocycles. The second-order valence-corrected chi connectivity index (χ2v) is 2.90. The number of aromatic amines is 1. The Morgan fingerprint density at radius 2 is 1.94 bits per heavy atom. The molecular formula is C10H6F2N2O2. The van der Waals surface area contributed by atoms with E-state index in [1.807, 2.05) is 0 Å². The summed E-state index contributed by atoms with van der Waals surface area (Å²) in [5.41, 5.74) is -0.613. The van der Waals surface area contributed by atoms with Crippen LogP contribution in [0.3, 0.4) is 0 Å². The maximum atomic E-state index is 13.2. The summed E-state index contributed by atoms with van der Waals surface area (Å²) in [6.07, 6.45) is 2.22. The number of nitrogens with one attached hydrogen (secondary N) is 1. The van der Waals surface area contributed by atoms with Crippen molar-refractivity contribution in [3.8, 4) is 11.5 Å². The third-order valence-electron chi connectivity index (χ3n) is 1.82. The summed E-state index contributed by atoms with van der Waals surface area (Å²) in [4.78, 5) is 17.0. The third-order valence-corrected chi connectivity index (χ3v) is 1.82. The maximum Gasteiger partial charge on any atom is 0.293 e. The first kappa shape index (κ1) is 10.3. The van der Waals surface area contributed by atoms with Gasteiger partial charge in [-0.25, -0.2) is 13.8 Å². The topological polar surface area (TPSA) is 55.0 Å². The van der Waals surface area contributed by atoms with Gasteiger partial charge in [-0.2, -0.15) is 0 Å². The number of nitrogens with zero attached hydrogens (tertiary/aromatic N) is 1. The van der Waals surface area contributed by atoms with Gasteiger partial charge in [0.15, 0.2) is 17.4 Å². The number of para-hydroxylation sites is 1. The van der Waals surface area contributed by atoms with E-state index < -0.39 is 22.9 Å². The highest BCUT2D eigenvalue weighted by atomic mass is 19.1. The first-order valence-electron chi connectivity index (χ1n) is 4.33. The van der Waals surface area contributed by atoms with Gasteiger partial charge in [-0.05, 0) is 12.1 Å². The Morgan fingerprint density at radius 1 is 1.25 bits per heavy atom. The summed E-state index contributed by atoms with van der Waals surface area (Å²) in [6.45, 7) is 0. The quantitative estimate of drug-likeness (QED) is 0.846. The number of benzene rings is 1. The van der Waals surface area contributed by atoms with E-state index >= 15 is 0 Å². The lowest BCUT2D eigenvalue weighted by molar-refractivity contribution is 0.401. The van der Waals surface area contributed by atoms with Crippen LogP contribution in [0.15, 0.2) is 35.5 Å². The SMILES string of the molecule is O=c1[nH]cncc1Oc1c(F)cccc1F. The standard InChI is InChI=1S/C10H6F2N2O2/c11-6-2-1-3-7(12)9(6)16-8-4-13-5-14-10(8)15/h1-5H,(H,13,14,15). The van der Waals surface area contributed by atoms with Crippen molar-refractivity contribution in [2.75, 3.05) is 0 Å². The molecule has 1 aromatic heterocycles. The molecule has 1 heterocycles. The fraction of sp³-hybridized carbons (Fsp3) is 0. The number of halogens is 2. The molecule has 2 rings (SSSR count). The molecule has 82 valence electrons. The molecule has 0 fully saturated rings. The van der Waals surface area contributed by atoms with E-state index in [0.717, 1.165) is 24.7 Å². The van der Waals surface area contributed by atoms with Crippen molar-refractivity contribution in [3.05, 3.63) is 52.7 Å². The van der Waals surface area contributed by atoms with Crippen molar-refractivity contribution in [1.29, 1.82) is 0 Å². The van der Waals surface area contributed by atoms with Crippen molar-refractivity contribution in [2.45, 2.75) is 0 Å². The zero-order chi connectivity index (χ0) is 11.5. The lowest BCUT2D eigenvalue weighted by atomic mass is 10.3. The molecular weight excluding hydrogens is 218 g/mol. The van der Waals surface area contributed by atoms with Gasteiger partial charge in [0.25, 0.3) is 5.56 Å². The molecule has 4 nitrogen and oxygen atoms in total. The maximum absolute atomic E-state index is 13.2. The van der Waals surface area contributed by atoms with E-state index in [9.17, 15) is 13.6 Å². The van der Waals surface area contributed by atoms with Gasteiger partial charge in [-0.3, -0.25) is 4.79 Å². The second kappa shape index (κ2) is 4.09. The highest BCUT2D eigenvalue weighted by Gasteiger charge is 2.12. The number of H-pyrrole nitrogens is 1. The van der Waals surface area contributed by atoms with Gasteiger partial charge in [0, 0.05) is 0 Å². The van der Waals surface area contributed by atoms with E-state index in [1.54, 1.807) is 0 Å². The summed E-state index contributed by atoms with van der Waals surface area (Å²) in [5.74, 6) is -2.67. The van der Waals surface area contributed by atoms with E-state index in [-0.39, 0.29) is 5.75 Å². The predicted molar refractivity (Wildman–Crippen MR) is 51.3 cm³/mol. The van der Waals surface area contributed by atoms with Crippen LogP contribution < -0.4 is 10.3 Å². The zero-order valence-corrected chi connectivity index (χ0v) is 7.91. The summed E-state index contributed by atoms with van der Waals surface area (Å²) in [5, 5.41) is 0. The minimum atomic E-state index is -0.886. The van der Waals surface area contributed by atoms with E-state index in [2.05, 4.69) is 9.97 Å². The molecule has 0 atom stereocenters. The second-order valence-electron chi connectivity index (χ2n) is 2.90. The lowest BCUT2D eigenvalue weighted by Gasteiger charge is -2.05. The average molecular weight is 224 g/mol. The molecule has 0 saturated carbocycles. The van der Waals surface area contributed by atoms with Crippen LogP contribution in [-0.4, -0.2) is 9.97 Å². The molecule has 0 bridgehead atoms. The van der Waals surface area contributed by atoms with Crippen molar-refractivity contribution in [2.24, 2.45) is 0 Å². The number of hydrogen-bond donors (Lipinski definition) is 1. The minimum Gasteiger partial charge on any atom is -0.444 e. The van der Waals surface area contributed by atoms with Gasteiger partial charge in [0.2, 0.25) is 5.75 Å². The summed E-state index contributed by atoms with van der Waals surface area (Å²) >= 11 is 0. The number of rotatable bonds is 2. The lowest BCUT2D eigenvalue weighted by Crippen LogP contribution is -2.09. The molecule has 0 aliphatic rings. The smallest absolute Gasteiger partial charge is 0.293 e. The van der Waals surface area contributed by atoms with Gasteiger partial charge in [-0.15, -0.1) is 0 Å². The molecule has 1 N–H and O–H groups in total. The Labute approximate surface area is 88.5 Å². The highest BCUT2D eigenvalue weighted by Crippen LogP contribution is 2.24. The Balaban J connectivity index is 2.42. The van der Waals surface area contributed by atoms with Crippen LogP contribution >= 0.6 is 0 Å². The third kappa shape index (κ3) is 1.90. The van der Waals surface area contributed by atoms with Crippen molar-refractivity contribution in [3.63, 3.8) is 0 Å². The van der Waals surface area contributed by atoms with Crippen LogP contribution in [-0.2, 0) is 0 Å². The van der Waals surface area contributed by atoms with Crippen LogP contribution in [0.4, 0.5) is 8.78 Å². The Bertz CT molecular complexity index is 548. The summed E-state index contributed by atoms with van der Waals surface area (Å²) in [7, 11) is 0. The first-order valence-corrected chi connectivity index (χ1v) is 4.33. The molecule has 1 aromatic carbocycles. The summed E-state index contributed by atoms with van der Waals surface area (Å²) in [6, 6.07) is 3.26. The molecule has 0 unspecified atom stereocenters. The van der Waals surface area contributed by atoms with Crippen LogP contribution in [0, 0.1) is 11.6 Å². The van der Waals surface area contributed by atoms with Gasteiger partial charge >= 0.3 is 0 Å². The van der Waals surface area contributed by atoms with E-state index in [0.29, 0.717) is 0 Å². The van der Waals surface area contributed by atoms with Crippen LogP contribution in [0.1, 0.15) is 0 Å². The zero-order valence-electron chi connectivity index (χ0n) is 7.91. The molecule has 16 heavy (non-hydrogen) atoms. The van der Waals surface area contributed by atoms with Gasteiger partial charge in [0.1, 0.15) is 0 Å². The van der Waals surface area contributed by atoms with Gasteiger partial charge in [0.05, 0.1) is 12.5 Å². The number of hydrogen-bond acceptors (Lipinski definition) is 3. The fourth-order valence-corrected chi connectivity index (χ4v) is 1.09. The van der Waals surface area contributed by atoms with Gasteiger partial charge in [-0.1, -0.05) is 6.07 Å². The molecule has 6 heteroatoms. The van der Waals surface area contributed by atoms with Crippen LogP contribution in [0.2, 0.25) is 0 Å². The molecule has 0 saturated heterocycles. The largest absolute Gasteiger partial charge is 0.444 e. The number of aromatic nitrogens is 2. The monoisotopic (exact) mass is 224 g/mol. The Morgan fingerprint density at radius 3 is 2.56 bits per heavy atom. The molecule has 0 spiro atoms. The molecule has 2 aromatic rings. The minimum absolute atomic E-state index is 0.272. The van der Waals surface area contributed by atoms with E-state index in [4.69, 9.17) is 4.74 Å². The van der Waals surface area contributed by atoms with Crippen molar-refractivity contribution >= 4 is 0 Å². The highest BCUT2D eigenvalue weighted by molar-refractivity contribution is 5.30. The first-order chi connectivity index (χ1) is 7.68. The normalized spacial score (nSPS) is 10.1. The Kier molecular flexibility index (Phi) is 2.63. The fourth-order valence-electron chi connectivity index (χ4n) is 1.09.